The molecule has 0 spiro atoms. The minimum Gasteiger partial charge on any atom is -0.480 e. The average molecular weight is 393 g/mol. The van der Waals surface area contributed by atoms with Crippen LogP contribution in [0.3, 0.4) is 0 Å². The molecule has 1 radical (unpaired) electrons. The van der Waals surface area contributed by atoms with Crippen molar-refractivity contribution in [3.8, 4) is 0 Å². The molecule has 1 N–H and O–H groups in total. The van der Waals surface area contributed by atoms with E-state index in [9.17, 15) is 9.59 Å². The van der Waals surface area contributed by atoms with E-state index in [0.29, 0.717) is 6.42 Å². The zero-order valence-corrected chi connectivity index (χ0v) is 20.6. The molecular weight excluding hydrogens is 349 g/mol. The number of hydrogen-bond acceptors (Lipinski definition) is 3. The van der Waals surface area contributed by atoms with E-state index in [1.54, 1.807) is 14.1 Å². The summed E-state index contributed by atoms with van der Waals surface area (Å²) in [4.78, 5) is 24.5. The summed E-state index contributed by atoms with van der Waals surface area (Å²) in [6.07, 6.45) is 19.7. The molecule has 0 aliphatic rings. The van der Waals surface area contributed by atoms with Crippen LogP contribution in [0.15, 0.2) is 0 Å². The van der Waals surface area contributed by atoms with Crippen LogP contribution in [0.2, 0.25) is 0 Å². The number of hydrogen-bond donors (Lipinski definition) is 1. The zero-order valence-electron chi connectivity index (χ0n) is 18.6. The number of carbonyl (C=O) groups is 2. The van der Waals surface area contributed by atoms with Gasteiger partial charge in [0.15, 0.2) is 11.8 Å². The van der Waals surface area contributed by atoms with Crippen molar-refractivity contribution in [1.29, 1.82) is 0 Å². The standard InChI is InChI=1S/C22H43NO3.Na/c1-4-5-6-7-8-9-10-11-12-13-14-15-16-17-18-19-20(24)21(22(25)26)23(2)3;/h21H,4-19H2,1-3H3,(H,25,26);. The number of aliphatic carboxylic acids is 1. The predicted octanol–water partition coefficient (Wildman–Crippen LogP) is 5.45. The molecule has 0 rings (SSSR count). The number of carboxylic acids is 1. The summed E-state index contributed by atoms with van der Waals surface area (Å²) in [5, 5.41) is 9.08. The molecule has 0 aromatic heterocycles. The van der Waals surface area contributed by atoms with Gasteiger partial charge in [-0.25, -0.2) is 0 Å². The van der Waals surface area contributed by atoms with E-state index < -0.39 is 12.0 Å². The van der Waals surface area contributed by atoms with Crippen LogP contribution >= 0.6 is 0 Å². The fourth-order valence-electron chi connectivity index (χ4n) is 3.45. The molecule has 0 aliphatic carbocycles. The van der Waals surface area contributed by atoms with Crippen LogP contribution in [-0.4, -0.2) is 71.5 Å². The molecule has 0 saturated heterocycles. The Balaban J connectivity index is 0. The smallest absolute Gasteiger partial charge is 0.328 e. The van der Waals surface area contributed by atoms with E-state index in [1.165, 1.54) is 81.9 Å². The van der Waals surface area contributed by atoms with Gasteiger partial charge in [0, 0.05) is 36.0 Å². The number of nitrogens with zero attached hydrogens (tertiary/aromatic N) is 1. The normalized spacial score (nSPS) is 12.0. The Morgan fingerprint density at radius 3 is 1.33 bits per heavy atom. The summed E-state index contributed by atoms with van der Waals surface area (Å²) in [5.74, 6) is -1.21. The Morgan fingerprint density at radius 1 is 0.704 bits per heavy atom. The van der Waals surface area contributed by atoms with Gasteiger partial charge in [-0.05, 0) is 20.5 Å². The van der Waals surface area contributed by atoms with Gasteiger partial charge in [-0.2, -0.15) is 0 Å². The van der Waals surface area contributed by atoms with Gasteiger partial charge in [0.25, 0.3) is 0 Å². The summed E-state index contributed by atoms with van der Waals surface area (Å²) in [6.45, 7) is 2.26. The van der Waals surface area contributed by atoms with Gasteiger partial charge in [-0.1, -0.05) is 96.8 Å². The first-order valence-corrected chi connectivity index (χ1v) is 10.9. The quantitative estimate of drug-likeness (QED) is 0.180. The van der Waals surface area contributed by atoms with Crippen molar-refractivity contribution in [1.82, 2.24) is 4.90 Å². The second kappa shape index (κ2) is 20.8. The second-order valence-corrected chi connectivity index (χ2v) is 7.87. The number of carboxylic acid groups (broad SMARTS) is 1. The van der Waals surface area contributed by atoms with Gasteiger partial charge in [0.1, 0.15) is 0 Å². The number of carbonyl (C=O) groups excluding carboxylic acids is 1. The van der Waals surface area contributed by atoms with Gasteiger partial charge < -0.3 is 5.11 Å². The Labute approximate surface area is 190 Å². The van der Waals surface area contributed by atoms with Crippen LogP contribution < -0.4 is 0 Å². The number of likely N-dealkylation sites (N-methyl/N-ethyl adjacent to an activating group) is 1. The van der Waals surface area contributed by atoms with Gasteiger partial charge in [0.05, 0.1) is 0 Å². The summed E-state index contributed by atoms with van der Waals surface area (Å²) >= 11 is 0. The van der Waals surface area contributed by atoms with Gasteiger partial charge >= 0.3 is 5.97 Å². The molecule has 0 fully saturated rings. The molecule has 1 unspecified atom stereocenters. The number of ketones is 1. The van der Waals surface area contributed by atoms with Gasteiger partial charge in [0.2, 0.25) is 0 Å². The van der Waals surface area contributed by atoms with Crippen molar-refractivity contribution in [3.05, 3.63) is 0 Å². The van der Waals surface area contributed by atoms with Crippen LogP contribution in [0, 0.1) is 0 Å². The van der Waals surface area contributed by atoms with Crippen LogP contribution in [0.1, 0.15) is 110 Å². The molecule has 0 heterocycles. The van der Waals surface area contributed by atoms with Crippen LogP contribution in [-0.2, 0) is 9.59 Å². The first kappa shape index (κ1) is 29.3. The molecule has 0 saturated carbocycles. The number of rotatable bonds is 19. The van der Waals surface area contributed by atoms with Crippen molar-refractivity contribution in [2.45, 2.75) is 116 Å². The van der Waals surface area contributed by atoms with Crippen LogP contribution in [0.5, 0.6) is 0 Å². The molecule has 0 amide bonds. The third-order valence-corrected chi connectivity index (χ3v) is 5.08. The van der Waals surface area contributed by atoms with E-state index in [4.69, 9.17) is 5.11 Å². The molecule has 27 heavy (non-hydrogen) atoms. The topological polar surface area (TPSA) is 57.6 Å². The van der Waals surface area contributed by atoms with Crippen molar-refractivity contribution in [3.63, 3.8) is 0 Å². The summed E-state index contributed by atoms with van der Waals surface area (Å²) < 4.78 is 0. The molecule has 5 heteroatoms. The number of Topliss-reactive ketones (excluding diaryl/α,β-unsaturated/α-hetero) is 1. The fraction of sp³-hybridized carbons (Fsp3) is 0.909. The van der Waals surface area contributed by atoms with Crippen LogP contribution in [0.25, 0.3) is 0 Å². The fourth-order valence-corrected chi connectivity index (χ4v) is 3.45. The molecule has 155 valence electrons. The predicted molar refractivity (Wildman–Crippen MR) is 115 cm³/mol. The molecule has 0 bridgehead atoms. The first-order chi connectivity index (χ1) is 12.5. The van der Waals surface area contributed by atoms with Gasteiger partial charge in [-0.3, -0.25) is 14.5 Å². The average Bonchev–Trinajstić information content (AvgIpc) is 2.57. The first-order valence-electron chi connectivity index (χ1n) is 10.9. The van der Waals surface area contributed by atoms with Crippen molar-refractivity contribution < 1.29 is 14.7 Å². The van der Waals surface area contributed by atoms with E-state index in [2.05, 4.69) is 6.92 Å². The Bertz CT molecular complexity index is 361. The zero-order chi connectivity index (χ0) is 19.6. The van der Waals surface area contributed by atoms with Gasteiger partial charge in [-0.15, -0.1) is 0 Å². The Hall–Kier alpha value is 0.1000. The molecule has 4 nitrogen and oxygen atoms in total. The van der Waals surface area contributed by atoms with E-state index in [0.717, 1.165) is 19.3 Å². The summed E-state index contributed by atoms with van der Waals surface area (Å²) in [5.41, 5.74) is 0. The summed E-state index contributed by atoms with van der Waals surface area (Å²) in [7, 11) is 3.28. The third-order valence-electron chi connectivity index (χ3n) is 5.08. The monoisotopic (exact) mass is 392 g/mol. The molecule has 0 aromatic carbocycles. The maximum absolute atomic E-state index is 11.9. The molecule has 0 aliphatic heterocycles. The van der Waals surface area contributed by atoms with Crippen molar-refractivity contribution in [2.75, 3.05) is 14.1 Å². The van der Waals surface area contributed by atoms with Crippen molar-refractivity contribution >= 4 is 41.3 Å². The number of unbranched alkanes of at least 4 members (excludes halogenated alkanes) is 14. The maximum atomic E-state index is 11.9. The van der Waals surface area contributed by atoms with E-state index >= 15 is 0 Å². The maximum Gasteiger partial charge on any atom is 0.328 e. The van der Waals surface area contributed by atoms with Crippen LogP contribution in [0.4, 0.5) is 0 Å². The van der Waals surface area contributed by atoms with Crippen molar-refractivity contribution in [2.24, 2.45) is 0 Å². The SMILES string of the molecule is CCCCCCCCCCCCCCCCCC(=O)C(C(=O)O)N(C)C.[Na]. The minimum absolute atomic E-state index is 0. The molecule has 0 aromatic rings. The molecule has 1 atom stereocenters. The van der Waals surface area contributed by atoms with E-state index in [1.807, 2.05) is 0 Å². The third kappa shape index (κ3) is 17.9. The minimum atomic E-state index is -1.04. The second-order valence-electron chi connectivity index (χ2n) is 7.87. The Morgan fingerprint density at radius 2 is 1.04 bits per heavy atom. The van der Waals surface area contributed by atoms with E-state index in [-0.39, 0.29) is 35.3 Å². The Kier molecular flexibility index (Phi) is 22.6. The molecular formula is C22H43NNaO3. The summed E-state index contributed by atoms with van der Waals surface area (Å²) in [6, 6.07) is -0.985. The largest absolute Gasteiger partial charge is 0.480 e.